The zero-order valence-corrected chi connectivity index (χ0v) is 8.96. The van der Waals surface area contributed by atoms with E-state index in [9.17, 15) is 0 Å². The quantitative estimate of drug-likeness (QED) is 0.765. The number of rotatable bonds is 3. The van der Waals surface area contributed by atoms with Crippen LogP contribution in [0.5, 0.6) is 0 Å². The predicted octanol–water partition coefficient (Wildman–Crippen LogP) is 1.39. The fourth-order valence-electron chi connectivity index (χ4n) is 1.53. The molecule has 0 spiro atoms. The maximum absolute atomic E-state index is 5.63. The number of nitrogens with two attached hydrogens (primary N) is 1. The van der Waals surface area contributed by atoms with Crippen LogP contribution in [0.1, 0.15) is 31.1 Å². The highest BCUT2D eigenvalue weighted by atomic mass is 15.1. The van der Waals surface area contributed by atoms with Crippen LogP contribution in [0.3, 0.4) is 0 Å². The first-order valence-corrected chi connectivity index (χ1v) is 4.77. The van der Waals surface area contributed by atoms with Gasteiger partial charge in [-0.25, -0.2) is 4.98 Å². The smallest absolute Gasteiger partial charge is 0.105 e. The first-order valence-electron chi connectivity index (χ1n) is 4.77. The molecular formula is C10H19N3. The van der Waals surface area contributed by atoms with Gasteiger partial charge in [0.1, 0.15) is 5.82 Å². The summed E-state index contributed by atoms with van der Waals surface area (Å²) in [6, 6.07) is 0. The summed E-state index contributed by atoms with van der Waals surface area (Å²) in [5.74, 6) is 1.70. The van der Waals surface area contributed by atoms with Gasteiger partial charge in [-0.2, -0.15) is 0 Å². The first-order chi connectivity index (χ1) is 6.06. The number of imidazole rings is 1. The fraction of sp³-hybridized carbons (Fsp3) is 0.700. The molecule has 0 amide bonds. The standard InChI is InChI=1S/C10H19N3/c1-7(2)5-10-9(6-11)12-8(3)13(10)4/h7H,5-6,11H2,1-4H3. The summed E-state index contributed by atoms with van der Waals surface area (Å²) in [5, 5.41) is 0. The van der Waals surface area contributed by atoms with Crippen LogP contribution >= 0.6 is 0 Å². The Bertz CT molecular complexity index is 287. The van der Waals surface area contributed by atoms with E-state index < -0.39 is 0 Å². The van der Waals surface area contributed by atoms with E-state index in [1.807, 2.05) is 6.92 Å². The lowest BCUT2D eigenvalue weighted by molar-refractivity contribution is 0.608. The maximum Gasteiger partial charge on any atom is 0.105 e. The molecule has 1 aromatic heterocycles. The molecule has 3 nitrogen and oxygen atoms in total. The Kier molecular flexibility index (Phi) is 3.09. The van der Waals surface area contributed by atoms with Gasteiger partial charge in [0.05, 0.1) is 5.69 Å². The van der Waals surface area contributed by atoms with E-state index in [-0.39, 0.29) is 0 Å². The summed E-state index contributed by atoms with van der Waals surface area (Å²) in [7, 11) is 2.05. The topological polar surface area (TPSA) is 43.8 Å². The highest BCUT2D eigenvalue weighted by Crippen LogP contribution is 2.14. The van der Waals surface area contributed by atoms with E-state index in [4.69, 9.17) is 5.73 Å². The third-order valence-electron chi connectivity index (χ3n) is 2.32. The molecule has 0 bridgehead atoms. The molecule has 0 fully saturated rings. The van der Waals surface area contributed by atoms with Gasteiger partial charge >= 0.3 is 0 Å². The molecule has 13 heavy (non-hydrogen) atoms. The van der Waals surface area contributed by atoms with Crippen LogP contribution in [0, 0.1) is 12.8 Å². The SMILES string of the molecule is Cc1nc(CN)c(CC(C)C)n1C. The lowest BCUT2D eigenvalue weighted by atomic mass is 10.1. The molecule has 1 heterocycles. The highest BCUT2D eigenvalue weighted by molar-refractivity contribution is 5.16. The van der Waals surface area contributed by atoms with Crippen molar-refractivity contribution in [2.45, 2.75) is 33.7 Å². The summed E-state index contributed by atoms with van der Waals surface area (Å²) < 4.78 is 2.14. The van der Waals surface area contributed by atoms with Crippen molar-refractivity contribution >= 4 is 0 Å². The third kappa shape index (κ3) is 2.10. The van der Waals surface area contributed by atoms with Gasteiger partial charge in [-0.05, 0) is 19.3 Å². The molecule has 2 N–H and O–H groups in total. The van der Waals surface area contributed by atoms with Crippen LogP contribution in [0.2, 0.25) is 0 Å². The number of hydrogen-bond acceptors (Lipinski definition) is 2. The van der Waals surface area contributed by atoms with Crippen molar-refractivity contribution in [3.05, 3.63) is 17.2 Å². The Balaban J connectivity index is 3.01. The van der Waals surface area contributed by atoms with Crippen molar-refractivity contribution in [2.24, 2.45) is 18.7 Å². The molecule has 3 heteroatoms. The van der Waals surface area contributed by atoms with Gasteiger partial charge in [0, 0.05) is 19.3 Å². The van der Waals surface area contributed by atoms with Crippen LogP contribution in [0.4, 0.5) is 0 Å². The van der Waals surface area contributed by atoms with E-state index in [0.717, 1.165) is 17.9 Å². The van der Waals surface area contributed by atoms with Gasteiger partial charge in [-0.3, -0.25) is 0 Å². The molecule has 0 radical (unpaired) electrons. The normalized spacial score (nSPS) is 11.2. The summed E-state index contributed by atoms with van der Waals surface area (Å²) in [6.45, 7) is 6.98. The number of nitrogens with zero attached hydrogens (tertiary/aromatic N) is 2. The Morgan fingerprint density at radius 2 is 2.08 bits per heavy atom. The molecular weight excluding hydrogens is 162 g/mol. The largest absolute Gasteiger partial charge is 0.335 e. The minimum absolute atomic E-state index is 0.545. The summed E-state index contributed by atoms with van der Waals surface area (Å²) >= 11 is 0. The lowest BCUT2D eigenvalue weighted by Crippen LogP contribution is -2.07. The zero-order valence-electron chi connectivity index (χ0n) is 8.96. The van der Waals surface area contributed by atoms with Crippen LogP contribution < -0.4 is 5.73 Å². The second-order valence-electron chi connectivity index (χ2n) is 3.91. The van der Waals surface area contributed by atoms with E-state index in [0.29, 0.717) is 12.5 Å². The van der Waals surface area contributed by atoms with E-state index >= 15 is 0 Å². The van der Waals surface area contributed by atoms with E-state index in [1.165, 1.54) is 5.69 Å². The molecule has 0 saturated carbocycles. The van der Waals surface area contributed by atoms with Crippen LogP contribution in [-0.2, 0) is 20.0 Å². The van der Waals surface area contributed by atoms with E-state index in [2.05, 4.69) is 30.4 Å². The molecule has 0 aliphatic heterocycles. The molecule has 0 aliphatic rings. The third-order valence-corrected chi connectivity index (χ3v) is 2.32. The van der Waals surface area contributed by atoms with Crippen LogP contribution in [-0.4, -0.2) is 9.55 Å². The van der Waals surface area contributed by atoms with Crippen molar-refractivity contribution < 1.29 is 0 Å². The highest BCUT2D eigenvalue weighted by Gasteiger charge is 2.11. The van der Waals surface area contributed by atoms with Crippen LogP contribution in [0.25, 0.3) is 0 Å². The average Bonchev–Trinajstić information content (AvgIpc) is 2.31. The second kappa shape index (κ2) is 3.92. The number of hydrogen-bond donors (Lipinski definition) is 1. The summed E-state index contributed by atoms with van der Waals surface area (Å²) in [6.07, 6.45) is 1.06. The lowest BCUT2D eigenvalue weighted by Gasteiger charge is -2.08. The van der Waals surface area contributed by atoms with Crippen molar-refractivity contribution in [3.8, 4) is 0 Å². The Hall–Kier alpha value is -0.830. The molecule has 0 saturated heterocycles. The molecule has 0 aliphatic carbocycles. The number of aromatic nitrogens is 2. The van der Waals surface area contributed by atoms with Gasteiger partial charge < -0.3 is 10.3 Å². The predicted molar refractivity (Wildman–Crippen MR) is 54.4 cm³/mol. The van der Waals surface area contributed by atoms with E-state index in [1.54, 1.807) is 0 Å². The summed E-state index contributed by atoms with van der Waals surface area (Å²) in [5.41, 5.74) is 7.97. The molecule has 1 rings (SSSR count). The van der Waals surface area contributed by atoms with Crippen molar-refractivity contribution in [3.63, 3.8) is 0 Å². The molecule has 0 unspecified atom stereocenters. The van der Waals surface area contributed by atoms with Crippen molar-refractivity contribution in [1.82, 2.24) is 9.55 Å². The van der Waals surface area contributed by atoms with Gasteiger partial charge in [-0.15, -0.1) is 0 Å². The zero-order chi connectivity index (χ0) is 10.0. The van der Waals surface area contributed by atoms with Crippen LogP contribution in [0.15, 0.2) is 0 Å². The van der Waals surface area contributed by atoms with Gasteiger partial charge in [0.25, 0.3) is 0 Å². The molecule has 0 atom stereocenters. The monoisotopic (exact) mass is 181 g/mol. The molecule has 74 valence electrons. The maximum atomic E-state index is 5.63. The second-order valence-corrected chi connectivity index (χ2v) is 3.91. The van der Waals surface area contributed by atoms with Crippen molar-refractivity contribution in [1.29, 1.82) is 0 Å². The van der Waals surface area contributed by atoms with Gasteiger partial charge in [-0.1, -0.05) is 13.8 Å². The Morgan fingerprint density at radius 3 is 2.54 bits per heavy atom. The fourth-order valence-corrected chi connectivity index (χ4v) is 1.53. The molecule has 0 aromatic carbocycles. The minimum Gasteiger partial charge on any atom is -0.335 e. The van der Waals surface area contributed by atoms with Crippen molar-refractivity contribution in [2.75, 3.05) is 0 Å². The summed E-state index contributed by atoms with van der Waals surface area (Å²) in [4.78, 5) is 4.42. The molecule has 1 aromatic rings. The Labute approximate surface area is 80.0 Å². The average molecular weight is 181 g/mol. The van der Waals surface area contributed by atoms with Gasteiger partial charge in [0.15, 0.2) is 0 Å². The number of aryl methyl sites for hydroxylation is 1. The first kappa shape index (κ1) is 10.3. The van der Waals surface area contributed by atoms with Gasteiger partial charge in [0.2, 0.25) is 0 Å². The Morgan fingerprint density at radius 1 is 1.46 bits per heavy atom. The minimum atomic E-state index is 0.545.